The molecule has 2 atom stereocenters. The largest absolute Gasteiger partial charge is 0.396 e. The molecule has 0 aromatic heterocycles. The van der Waals surface area contributed by atoms with Crippen LogP contribution >= 0.6 is 0 Å². The Labute approximate surface area is 157 Å². The van der Waals surface area contributed by atoms with E-state index < -0.39 is 5.60 Å². The van der Waals surface area contributed by atoms with Gasteiger partial charge in [-0.3, -0.25) is 9.80 Å². The molecule has 0 spiro atoms. The van der Waals surface area contributed by atoms with Crippen LogP contribution in [0.5, 0.6) is 0 Å². The molecule has 1 aromatic carbocycles. The van der Waals surface area contributed by atoms with E-state index in [1.165, 1.54) is 24.9 Å². The molecule has 0 bridgehead atoms. The second kappa shape index (κ2) is 7.97. The lowest BCUT2D eigenvalue weighted by molar-refractivity contribution is -0.0625. The molecular formula is C22H34N2O2. The van der Waals surface area contributed by atoms with Crippen LogP contribution in [0.3, 0.4) is 0 Å². The van der Waals surface area contributed by atoms with Crippen molar-refractivity contribution in [2.24, 2.45) is 0 Å². The van der Waals surface area contributed by atoms with E-state index in [1.807, 2.05) is 0 Å². The van der Waals surface area contributed by atoms with Gasteiger partial charge in [-0.25, -0.2) is 0 Å². The minimum atomic E-state index is -0.556. The summed E-state index contributed by atoms with van der Waals surface area (Å²) in [6.45, 7) is 4.37. The first kappa shape index (κ1) is 18.4. The molecule has 2 N–H and O–H groups in total. The summed E-state index contributed by atoms with van der Waals surface area (Å²) in [7, 11) is 0. The van der Waals surface area contributed by atoms with Crippen molar-refractivity contribution in [2.45, 2.75) is 68.5 Å². The summed E-state index contributed by atoms with van der Waals surface area (Å²) in [6.07, 6.45) is 7.35. The van der Waals surface area contributed by atoms with Gasteiger partial charge in [-0.15, -0.1) is 0 Å². The van der Waals surface area contributed by atoms with E-state index in [-0.39, 0.29) is 6.61 Å². The number of fused-ring (bicyclic) bond motifs is 1. The smallest absolute Gasteiger partial charge is 0.0774 e. The van der Waals surface area contributed by atoms with Crippen LogP contribution in [0.2, 0.25) is 0 Å². The molecule has 4 heteroatoms. The molecule has 144 valence electrons. The standard InChI is InChI=1S/C22H34N2O2/c25-14-10-21-15-23-13-4-7-20(23)16-24(21)17-22(26)11-8-19(9-12-22)18-5-2-1-3-6-18/h1-3,5-6,19-21,25-26H,4,7-17H2/t19?,20?,21-,22?/m0/s1. The van der Waals surface area contributed by atoms with Crippen molar-refractivity contribution in [1.29, 1.82) is 0 Å². The van der Waals surface area contributed by atoms with E-state index in [4.69, 9.17) is 0 Å². The summed E-state index contributed by atoms with van der Waals surface area (Å²) in [5.74, 6) is 0.594. The minimum Gasteiger partial charge on any atom is -0.396 e. The molecular weight excluding hydrogens is 324 g/mol. The number of rotatable bonds is 5. The molecule has 2 aliphatic heterocycles. The number of hydrogen-bond donors (Lipinski definition) is 2. The van der Waals surface area contributed by atoms with Crippen molar-refractivity contribution in [3.8, 4) is 0 Å². The third-order valence-corrected chi connectivity index (χ3v) is 7.05. The maximum Gasteiger partial charge on any atom is 0.0774 e. The molecule has 1 aliphatic carbocycles. The monoisotopic (exact) mass is 358 g/mol. The summed E-state index contributed by atoms with van der Waals surface area (Å²) >= 11 is 0. The van der Waals surface area contributed by atoms with E-state index in [9.17, 15) is 10.2 Å². The summed E-state index contributed by atoms with van der Waals surface area (Å²) in [4.78, 5) is 5.11. The summed E-state index contributed by atoms with van der Waals surface area (Å²) in [5, 5.41) is 20.8. The van der Waals surface area contributed by atoms with Gasteiger partial charge in [0, 0.05) is 38.3 Å². The predicted molar refractivity (Wildman–Crippen MR) is 104 cm³/mol. The van der Waals surface area contributed by atoms with Crippen LogP contribution in [-0.4, -0.2) is 70.5 Å². The fraction of sp³-hybridized carbons (Fsp3) is 0.727. The summed E-state index contributed by atoms with van der Waals surface area (Å²) in [5.41, 5.74) is 0.868. The average Bonchev–Trinajstić information content (AvgIpc) is 3.10. The number of nitrogens with zero attached hydrogens (tertiary/aromatic N) is 2. The zero-order valence-electron chi connectivity index (χ0n) is 15.9. The van der Waals surface area contributed by atoms with Gasteiger partial charge in [0.2, 0.25) is 0 Å². The third-order valence-electron chi connectivity index (χ3n) is 7.05. The maximum absolute atomic E-state index is 11.3. The van der Waals surface area contributed by atoms with Gasteiger partial charge in [-0.2, -0.15) is 0 Å². The van der Waals surface area contributed by atoms with E-state index in [2.05, 4.69) is 40.1 Å². The quantitative estimate of drug-likeness (QED) is 0.849. The number of piperazine rings is 1. The average molecular weight is 359 g/mol. The molecule has 0 amide bonds. The van der Waals surface area contributed by atoms with E-state index in [0.29, 0.717) is 18.0 Å². The van der Waals surface area contributed by atoms with Crippen molar-refractivity contribution in [1.82, 2.24) is 9.80 Å². The van der Waals surface area contributed by atoms with Gasteiger partial charge in [0.25, 0.3) is 0 Å². The number of benzene rings is 1. The van der Waals surface area contributed by atoms with Crippen molar-refractivity contribution < 1.29 is 10.2 Å². The van der Waals surface area contributed by atoms with Crippen molar-refractivity contribution in [3.05, 3.63) is 35.9 Å². The fourth-order valence-electron chi connectivity index (χ4n) is 5.51. The second-order valence-electron chi connectivity index (χ2n) is 8.80. The Morgan fingerprint density at radius 3 is 2.54 bits per heavy atom. The van der Waals surface area contributed by atoms with Gasteiger partial charge in [0.1, 0.15) is 0 Å². The number of aliphatic hydroxyl groups excluding tert-OH is 1. The summed E-state index contributed by atoms with van der Waals surface area (Å²) in [6, 6.07) is 11.8. The van der Waals surface area contributed by atoms with E-state index in [1.54, 1.807) is 0 Å². The number of hydrogen-bond acceptors (Lipinski definition) is 4. The van der Waals surface area contributed by atoms with Gasteiger partial charge in [-0.1, -0.05) is 30.3 Å². The first-order chi connectivity index (χ1) is 12.7. The van der Waals surface area contributed by atoms with Gasteiger partial charge < -0.3 is 10.2 Å². The fourth-order valence-corrected chi connectivity index (χ4v) is 5.51. The zero-order valence-corrected chi connectivity index (χ0v) is 15.9. The Morgan fingerprint density at radius 2 is 1.81 bits per heavy atom. The molecule has 2 saturated heterocycles. The molecule has 4 rings (SSSR count). The first-order valence-electron chi connectivity index (χ1n) is 10.5. The number of aliphatic hydroxyl groups is 2. The highest BCUT2D eigenvalue weighted by Crippen LogP contribution is 2.39. The van der Waals surface area contributed by atoms with E-state index >= 15 is 0 Å². The van der Waals surface area contributed by atoms with Crippen LogP contribution in [0.1, 0.15) is 56.4 Å². The molecule has 2 heterocycles. The van der Waals surface area contributed by atoms with Crippen molar-refractivity contribution >= 4 is 0 Å². The lowest BCUT2D eigenvalue weighted by Gasteiger charge is -2.48. The highest BCUT2D eigenvalue weighted by molar-refractivity contribution is 5.20. The van der Waals surface area contributed by atoms with Gasteiger partial charge in [-0.05, 0) is 63.0 Å². The molecule has 1 aromatic rings. The maximum atomic E-state index is 11.3. The van der Waals surface area contributed by atoms with Crippen LogP contribution < -0.4 is 0 Å². The Bertz CT molecular complexity index is 571. The highest BCUT2D eigenvalue weighted by Gasteiger charge is 2.41. The first-order valence-corrected chi connectivity index (χ1v) is 10.5. The lowest BCUT2D eigenvalue weighted by atomic mass is 9.75. The molecule has 3 fully saturated rings. The molecule has 3 aliphatic rings. The molecule has 26 heavy (non-hydrogen) atoms. The predicted octanol–water partition coefficient (Wildman–Crippen LogP) is 2.61. The number of β-amino-alcohol motifs (C(OH)–C–C–N with tert-alkyl or cyclic N) is 1. The van der Waals surface area contributed by atoms with Crippen LogP contribution in [-0.2, 0) is 0 Å². The molecule has 0 radical (unpaired) electrons. The summed E-state index contributed by atoms with van der Waals surface area (Å²) < 4.78 is 0. The van der Waals surface area contributed by atoms with Crippen molar-refractivity contribution in [3.63, 3.8) is 0 Å². The van der Waals surface area contributed by atoms with Crippen LogP contribution in [0, 0.1) is 0 Å². The Hall–Kier alpha value is -0.940. The Morgan fingerprint density at radius 1 is 1.04 bits per heavy atom. The second-order valence-corrected chi connectivity index (χ2v) is 8.80. The zero-order chi connectivity index (χ0) is 18.0. The van der Waals surface area contributed by atoms with Crippen LogP contribution in [0.4, 0.5) is 0 Å². The lowest BCUT2D eigenvalue weighted by Crippen LogP contribution is -2.60. The van der Waals surface area contributed by atoms with E-state index in [0.717, 1.165) is 51.7 Å². The third kappa shape index (κ3) is 3.99. The van der Waals surface area contributed by atoms with Gasteiger partial charge in [0.15, 0.2) is 0 Å². The van der Waals surface area contributed by atoms with Crippen LogP contribution in [0.25, 0.3) is 0 Å². The van der Waals surface area contributed by atoms with Crippen molar-refractivity contribution in [2.75, 3.05) is 32.8 Å². The Balaban J connectivity index is 1.37. The van der Waals surface area contributed by atoms with Crippen LogP contribution in [0.15, 0.2) is 30.3 Å². The highest BCUT2D eigenvalue weighted by atomic mass is 16.3. The minimum absolute atomic E-state index is 0.244. The molecule has 4 nitrogen and oxygen atoms in total. The molecule has 1 saturated carbocycles. The Kier molecular flexibility index (Phi) is 5.65. The molecule has 1 unspecified atom stereocenters. The van der Waals surface area contributed by atoms with Gasteiger partial charge >= 0.3 is 0 Å². The van der Waals surface area contributed by atoms with Gasteiger partial charge in [0.05, 0.1) is 5.60 Å². The topological polar surface area (TPSA) is 46.9 Å². The normalized spacial score (nSPS) is 36.2. The SMILES string of the molecule is OCC[C@H]1CN2CCCC2CN1CC1(O)CCC(c2ccccc2)CC1.